The van der Waals surface area contributed by atoms with Crippen LogP contribution in [0.3, 0.4) is 0 Å². The lowest BCUT2D eigenvalue weighted by Gasteiger charge is -2.06. The van der Waals surface area contributed by atoms with Crippen molar-refractivity contribution in [1.29, 1.82) is 0 Å². The van der Waals surface area contributed by atoms with Gasteiger partial charge in [-0.05, 0) is 37.5 Å². The van der Waals surface area contributed by atoms with Crippen molar-refractivity contribution in [2.75, 3.05) is 5.73 Å². The molecule has 1 heterocycles. The number of nitrogens with zero attached hydrogens (tertiary/aromatic N) is 2. The lowest BCUT2D eigenvalue weighted by Crippen LogP contribution is -2.02. The fraction of sp³-hybridized carbons (Fsp3) is 0.250. The van der Waals surface area contributed by atoms with E-state index in [0.29, 0.717) is 5.82 Å². The number of hydrogen-bond donors (Lipinski definition) is 1. The van der Waals surface area contributed by atoms with Crippen molar-refractivity contribution < 1.29 is 4.39 Å². The van der Waals surface area contributed by atoms with Crippen molar-refractivity contribution in [1.82, 2.24) is 9.78 Å². The fourth-order valence-corrected chi connectivity index (χ4v) is 2.47. The molecule has 0 aliphatic heterocycles. The third-order valence-corrected chi connectivity index (χ3v) is 3.40. The number of halogens is 2. The van der Waals surface area contributed by atoms with Crippen LogP contribution in [0.25, 0.3) is 5.69 Å². The van der Waals surface area contributed by atoms with Gasteiger partial charge in [0.2, 0.25) is 0 Å². The van der Waals surface area contributed by atoms with Gasteiger partial charge in [0, 0.05) is 11.3 Å². The molecule has 1 aliphatic carbocycles. The van der Waals surface area contributed by atoms with E-state index in [4.69, 9.17) is 17.3 Å². The Morgan fingerprint density at radius 3 is 2.94 bits per heavy atom. The first-order chi connectivity index (χ1) is 8.16. The summed E-state index contributed by atoms with van der Waals surface area (Å²) >= 11 is 5.77. The molecule has 0 bridgehead atoms. The molecular weight excluding hydrogens is 241 g/mol. The van der Waals surface area contributed by atoms with Gasteiger partial charge < -0.3 is 5.73 Å². The van der Waals surface area contributed by atoms with Gasteiger partial charge in [0.05, 0.1) is 10.7 Å². The number of benzene rings is 1. The van der Waals surface area contributed by atoms with Crippen molar-refractivity contribution in [2.24, 2.45) is 0 Å². The summed E-state index contributed by atoms with van der Waals surface area (Å²) in [7, 11) is 0. The summed E-state index contributed by atoms with van der Waals surface area (Å²) in [6.07, 6.45) is 3.01. The molecule has 0 atom stereocenters. The maximum Gasteiger partial charge on any atom is 0.149 e. The van der Waals surface area contributed by atoms with Crippen LogP contribution in [-0.4, -0.2) is 9.78 Å². The molecule has 0 saturated heterocycles. The van der Waals surface area contributed by atoms with E-state index in [1.54, 1.807) is 16.8 Å². The molecule has 3 rings (SSSR count). The van der Waals surface area contributed by atoms with E-state index in [9.17, 15) is 4.39 Å². The van der Waals surface area contributed by atoms with Crippen LogP contribution in [0, 0.1) is 5.82 Å². The van der Waals surface area contributed by atoms with E-state index in [1.165, 1.54) is 6.07 Å². The van der Waals surface area contributed by atoms with E-state index >= 15 is 0 Å². The summed E-state index contributed by atoms with van der Waals surface area (Å²) in [4.78, 5) is 0. The summed E-state index contributed by atoms with van der Waals surface area (Å²) < 4.78 is 14.9. The molecule has 17 heavy (non-hydrogen) atoms. The molecule has 0 saturated carbocycles. The molecule has 1 aromatic carbocycles. The van der Waals surface area contributed by atoms with E-state index in [2.05, 4.69) is 5.10 Å². The predicted octanol–water partition coefficient (Wildman–Crippen LogP) is 2.74. The predicted molar refractivity (Wildman–Crippen MR) is 65.0 cm³/mol. The lowest BCUT2D eigenvalue weighted by molar-refractivity contribution is 0.627. The Morgan fingerprint density at radius 1 is 1.35 bits per heavy atom. The van der Waals surface area contributed by atoms with Crippen LogP contribution in [0.2, 0.25) is 5.02 Å². The van der Waals surface area contributed by atoms with Crippen molar-refractivity contribution in [3.8, 4) is 5.69 Å². The normalized spacial score (nSPS) is 14.0. The van der Waals surface area contributed by atoms with Gasteiger partial charge in [0.1, 0.15) is 11.6 Å². The highest BCUT2D eigenvalue weighted by Gasteiger charge is 2.21. The minimum Gasteiger partial charge on any atom is -0.382 e. The van der Waals surface area contributed by atoms with Gasteiger partial charge in [-0.1, -0.05) is 11.6 Å². The Bertz CT molecular complexity index is 592. The van der Waals surface area contributed by atoms with E-state index in [0.717, 1.165) is 36.2 Å². The lowest BCUT2D eigenvalue weighted by atomic mass is 10.2. The quantitative estimate of drug-likeness (QED) is 0.847. The molecule has 0 fully saturated rings. The van der Waals surface area contributed by atoms with Crippen LogP contribution < -0.4 is 5.73 Å². The second kappa shape index (κ2) is 3.74. The zero-order valence-corrected chi connectivity index (χ0v) is 9.84. The van der Waals surface area contributed by atoms with Gasteiger partial charge in [0.25, 0.3) is 0 Å². The Morgan fingerprint density at radius 2 is 2.18 bits per heavy atom. The third-order valence-electron chi connectivity index (χ3n) is 3.11. The van der Waals surface area contributed by atoms with Crippen molar-refractivity contribution in [3.63, 3.8) is 0 Å². The Balaban J connectivity index is 2.15. The van der Waals surface area contributed by atoms with Crippen LogP contribution in [-0.2, 0) is 12.8 Å². The van der Waals surface area contributed by atoms with E-state index < -0.39 is 5.82 Å². The van der Waals surface area contributed by atoms with Crippen LogP contribution in [0.4, 0.5) is 10.2 Å². The van der Waals surface area contributed by atoms with Gasteiger partial charge in [-0.25, -0.2) is 9.07 Å². The van der Waals surface area contributed by atoms with E-state index in [1.807, 2.05) is 0 Å². The largest absolute Gasteiger partial charge is 0.382 e. The monoisotopic (exact) mass is 251 g/mol. The zero-order chi connectivity index (χ0) is 12.0. The van der Waals surface area contributed by atoms with Crippen molar-refractivity contribution in [3.05, 3.63) is 40.3 Å². The standard InChI is InChI=1S/C12H11ClFN3/c13-9-6-7(4-5-10(9)14)17-11-3-1-2-8(11)12(15)16-17/h4-6H,1-3H2,(H2,15,16). The Kier molecular flexibility index (Phi) is 2.33. The molecule has 0 unspecified atom stereocenters. The molecule has 0 radical (unpaired) electrons. The number of nitrogen functional groups attached to an aromatic ring is 1. The highest BCUT2D eigenvalue weighted by Crippen LogP contribution is 2.30. The third kappa shape index (κ3) is 1.60. The first-order valence-corrected chi connectivity index (χ1v) is 5.86. The van der Waals surface area contributed by atoms with Gasteiger partial charge in [0.15, 0.2) is 0 Å². The minimum absolute atomic E-state index is 0.100. The number of fused-ring (bicyclic) bond motifs is 1. The van der Waals surface area contributed by atoms with Gasteiger partial charge in [-0.2, -0.15) is 5.10 Å². The molecule has 2 aromatic rings. The molecule has 0 spiro atoms. The van der Waals surface area contributed by atoms with Crippen LogP contribution >= 0.6 is 11.6 Å². The van der Waals surface area contributed by atoms with Crippen molar-refractivity contribution in [2.45, 2.75) is 19.3 Å². The fourth-order valence-electron chi connectivity index (χ4n) is 2.30. The first kappa shape index (κ1) is 10.6. The maximum absolute atomic E-state index is 13.1. The van der Waals surface area contributed by atoms with Gasteiger partial charge in [-0.3, -0.25) is 0 Å². The summed E-state index contributed by atoms with van der Waals surface area (Å²) in [5.41, 5.74) is 8.85. The highest BCUT2D eigenvalue weighted by atomic mass is 35.5. The average molecular weight is 252 g/mol. The molecule has 2 N–H and O–H groups in total. The van der Waals surface area contributed by atoms with Crippen LogP contribution in [0.5, 0.6) is 0 Å². The minimum atomic E-state index is -0.424. The summed E-state index contributed by atoms with van der Waals surface area (Å²) in [6, 6.07) is 4.57. The Hall–Kier alpha value is -1.55. The molecule has 1 aliphatic rings. The zero-order valence-electron chi connectivity index (χ0n) is 9.08. The van der Waals surface area contributed by atoms with Gasteiger partial charge >= 0.3 is 0 Å². The second-order valence-electron chi connectivity index (χ2n) is 4.17. The first-order valence-electron chi connectivity index (χ1n) is 5.48. The van der Waals surface area contributed by atoms with Crippen LogP contribution in [0.15, 0.2) is 18.2 Å². The highest BCUT2D eigenvalue weighted by molar-refractivity contribution is 6.30. The molecule has 5 heteroatoms. The Labute approximate surface area is 103 Å². The van der Waals surface area contributed by atoms with Crippen molar-refractivity contribution >= 4 is 17.4 Å². The molecule has 88 valence electrons. The SMILES string of the molecule is Nc1nn(-c2ccc(F)c(Cl)c2)c2c1CCC2. The summed E-state index contributed by atoms with van der Waals surface area (Å²) in [5.74, 6) is 0.144. The average Bonchev–Trinajstić information content (AvgIpc) is 2.87. The second-order valence-corrected chi connectivity index (χ2v) is 4.58. The number of aromatic nitrogens is 2. The van der Waals surface area contributed by atoms with Crippen LogP contribution in [0.1, 0.15) is 17.7 Å². The number of rotatable bonds is 1. The molecule has 1 aromatic heterocycles. The smallest absolute Gasteiger partial charge is 0.149 e. The van der Waals surface area contributed by atoms with E-state index in [-0.39, 0.29) is 5.02 Å². The van der Waals surface area contributed by atoms with Gasteiger partial charge in [-0.15, -0.1) is 0 Å². The number of nitrogens with two attached hydrogens (primary N) is 1. The molecular formula is C12H11ClFN3. The topological polar surface area (TPSA) is 43.8 Å². The molecule has 3 nitrogen and oxygen atoms in total. The number of hydrogen-bond acceptors (Lipinski definition) is 2. The molecule has 0 amide bonds. The summed E-state index contributed by atoms with van der Waals surface area (Å²) in [5, 5.41) is 4.39. The number of anilines is 1. The maximum atomic E-state index is 13.1. The summed E-state index contributed by atoms with van der Waals surface area (Å²) in [6.45, 7) is 0.